The summed E-state index contributed by atoms with van der Waals surface area (Å²) in [4.78, 5) is 0.0933. The fraction of sp³-hybridized carbons (Fsp3) is 0.400. The fourth-order valence-corrected chi connectivity index (χ4v) is 5.01. The van der Waals surface area contributed by atoms with Gasteiger partial charge in [0.15, 0.2) is 5.76 Å². The van der Waals surface area contributed by atoms with Crippen molar-refractivity contribution in [2.45, 2.75) is 37.6 Å². The topological polar surface area (TPSA) is 63.4 Å². The monoisotopic (exact) mass is 324 g/mol. The van der Waals surface area contributed by atoms with Gasteiger partial charge in [0.2, 0.25) is 10.0 Å². The minimum absolute atomic E-state index is 0.0933. The summed E-state index contributed by atoms with van der Waals surface area (Å²) in [5.74, 6) is -0.120. The second kappa shape index (κ2) is 5.48. The van der Waals surface area contributed by atoms with Gasteiger partial charge in [-0.3, -0.25) is 0 Å². The van der Waals surface area contributed by atoms with Crippen LogP contribution < -0.4 is 0 Å². The lowest BCUT2D eigenvalue weighted by molar-refractivity contribution is 0.379. The lowest BCUT2D eigenvalue weighted by Gasteiger charge is -2.24. The van der Waals surface area contributed by atoms with Crippen molar-refractivity contribution < 1.29 is 17.3 Å². The molecule has 0 N–H and O–H groups in total. The molecule has 2 heterocycles. The van der Waals surface area contributed by atoms with Gasteiger partial charge in [-0.25, -0.2) is 12.8 Å². The quantitative estimate of drug-likeness (QED) is 0.871. The summed E-state index contributed by atoms with van der Waals surface area (Å²) in [5, 5.41) is 3.71. The molecule has 0 radical (unpaired) electrons. The molecule has 5 nitrogen and oxygen atoms in total. The molecule has 1 fully saturated rings. The smallest absolute Gasteiger partial charge is 0.249 e. The molecule has 3 rings (SSSR count). The first-order valence-corrected chi connectivity index (χ1v) is 8.56. The highest BCUT2D eigenvalue weighted by Gasteiger charge is 2.40. The van der Waals surface area contributed by atoms with Crippen LogP contribution in [-0.2, 0) is 10.0 Å². The van der Waals surface area contributed by atoms with E-state index < -0.39 is 16.1 Å². The van der Waals surface area contributed by atoms with Crippen LogP contribution in [0.25, 0.3) is 0 Å². The largest absolute Gasteiger partial charge is 0.360 e. The Morgan fingerprint density at radius 1 is 1.32 bits per heavy atom. The van der Waals surface area contributed by atoms with Crippen LogP contribution in [0.1, 0.15) is 35.9 Å². The van der Waals surface area contributed by atoms with E-state index in [9.17, 15) is 12.8 Å². The number of nitrogens with zero attached hydrogens (tertiary/aromatic N) is 2. The standard InChI is InChI=1S/C15H17FN2O3S/c1-10-15(11(2)21-17-10)22(19,20)18-9-5-8-14(18)12-6-3-4-7-13(12)16/h3-4,6-7,14H,5,8-9H2,1-2H3/t14-/m0/s1. The van der Waals surface area contributed by atoms with Crippen molar-refractivity contribution >= 4 is 10.0 Å². The predicted molar refractivity (Wildman–Crippen MR) is 78.2 cm³/mol. The zero-order chi connectivity index (χ0) is 15.9. The Morgan fingerprint density at radius 3 is 2.68 bits per heavy atom. The number of rotatable bonds is 3. The predicted octanol–water partition coefficient (Wildman–Crippen LogP) is 2.96. The van der Waals surface area contributed by atoms with Crippen LogP contribution in [0.2, 0.25) is 0 Å². The fourth-order valence-electron chi connectivity index (χ4n) is 3.04. The van der Waals surface area contributed by atoms with Crippen molar-refractivity contribution in [2.75, 3.05) is 6.54 Å². The summed E-state index contributed by atoms with van der Waals surface area (Å²) in [5.41, 5.74) is 0.743. The number of aryl methyl sites for hydroxylation is 2. The number of benzene rings is 1. The van der Waals surface area contributed by atoms with E-state index in [1.54, 1.807) is 32.0 Å². The van der Waals surface area contributed by atoms with Gasteiger partial charge >= 0.3 is 0 Å². The molecular formula is C15H17FN2O3S. The third-order valence-electron chi connectivity index (χ3n) is 4.00. The molecule has 0 unspecified atom stereocenters. The minimum Gasteiger partial charge on any atom is -0.360 e. The van der Waals surface area contributed by atoms with Crippen molar-refractivity contribution in [3.05, 3.63) is 47.1 Å². The molecule has 0 bridgehead atoms. The first-order chi connectivity index (χ1) is 10.4. The summed E-state index contributed by atoms with van der Waals surface area (Å²) in [6.07, 6.45) is 1.30. The van der Waals surface area contributed by atoms with E-state index in [0.29, 0.717) is 30.6 Å². The van der Waals surface area contributed by atoms with Crippen LogP contribution in [0.5, 0.6) is 0 Å². The van der Waals surface area contributed by atoms with E-state index in [4.69, 9.17) is 4.52 Å². The Bertz CT molecular complexity index is 781. The molecule has 22 heavy (non-hydrogen) atoms. The Hall–Kier alpha value is -1.73. The normalized spacial score (nSPS) is 19.7. The third kappa shape index (κ3) is 2.34. The van der Waals surface area contributed by atoms with Gasteiger partial charge in [0.05, 0.1) is 6.04 Å². The third-order valence-corrected chi connectivity index (χ3v) is 6.16. The molecule has 1 aliphatic rings. The van der Waals surface area contributed by atoms with Crippen LogP contribution in [0.3, 0.4) is 0 Å². The molecule has 2 aromatic rings. The molecule has 1 saturated heterocycles. The van der Waals surface area contributed by atoms with Crippen LogP contribution >= 0.6 is 0 Å². The van der Waals surface area contributed by atoms with E-state index in [1.807, 2.05) is 0 Å². The molecule has 1 aliphatic heterocycles. The first kappa shape index (κ1) is 15.2. The maximum absolute atomic E-state index is 14.1. The Labute approximate surface area is 128 Å². The van der Waals surface area contributed by atoms with Gasteiger partial charge in [-0.1, -0.05) is 23.4 Å². The summed E-state index contributed by atoms with van der Waals surface area (Å²) < 4.78 is 46.3. The highest BCUT2D eigenvalue weighted by atomic mass is 32.2. The number of hydrogen-bond donors (Lipinski definition) is 0. The lowest BCUT2D eigenvalue weighted by Crippen LogP contribution is -2.31. The van der Waals surface area contributed by atoms with Crippen LogP contribution in [0.15, 0.2) is 33.7 Å². The SMILES string of the molecule is Cc1noc(C)c1S(=O)(=O)N1CCC[C@H]1c1ccccc1F. The van der Waals surface area contributed by atoms with Crippen molar-refractivity contribution in [1.82, 2.24) is 9.46 Å². The molecule has 7 heteroatoms. The summed E-state index contributed by atoms with van der Waals surface area (Å²) in [6, 6.07) is 5.83. The average molecular weight is 324 g/mol. The van der Waals surface area contributed by atoms with Crippen molar-refractivity contribution in [1.29, 1.82) is 0 Å². The number of sulfonamides is 1. The minimum atomic E-state index is -3.76. The lowest BCUT2D eigenvalue weighted by atomic mass is 10.1. The van der Waals surface area contributed by atoms with E-state index in [2.05, 4.69) is 5.16 Å². The van der Waals surface area contributed by atoms with Gasteiger partial charge in [0.25, 0.3) is 0 Å². The zero-order valence-electron chi connectivity index (χ0n) is 12.4. The second-order valence-electron chi connectivity index (χ2n) is 5.45. The molecular weight excluding hydrogens is 307 g/mol. The Morgan fingerprint density at radius 2 is 2.05 bits per heavy atom. The van der Waals surface area contributed by atoms with Crippen molar-refractivity contribution in [3.63, 3.8) is 0 Å². The molecule has 118 valence electrons. The summed E-state index contributed by atoms with van der Waals surface area (Å²) >= 11 is 0. The van der Waals surface area contributed by atoms with Gasteiger partial charge in [-0.05, 0) is 32.8 Å². The van der Waals surface area contributed by atoms with Crippen LogP contribution in [0, 0.1) is 19.7 Å². The number of hydrogen-bond acceptors (Lipinski definition) is 4. The molecule has 0 spiro atoms. The first-order valence-electron chi connectivity index (χ1n) is 7.12. The molecule has 1 aromatic carbocycles. The molecule has 1 atom stereocenters. The van der Waals surface area contributed by atoms with Gasteiger partial charge in [-0.15, -0.1) is 0 Å². The highest BCUT2D eigenvalue weighted by Crippen LogP contribution is 2.38. The molecule has 1 aromatic heterocycles. The van der Waals surface area contributed by atoms with Gasteiger partial charge in [0.1, 0.15) is 16.4 Å². The van der Waals surface area contributed by atoms with Gasteiger partial charge in [0, 0.05) is 12.1 Å². The van der Waals surface area contributed by atoms with Crippen molar-refractivity contribution in [2.24, 2.45) is 0 Å². The highest BCUT2D eigenvalue weighted by molar-refractivity contribution is 7.89. The van der Waals surface area contributed by atoms with E-state index in [1.165, 1.54) is 10.4 Å². The maximum Gasteiger partial charge on any atom is 0.249 e. The van der Waals surface area contributed by atoms with E-state index in [0.717, 1.165) is 0 Å². The van der Waals surface area contributed by atoms with Crippen LogP contribution in [0.4, 0.5) is 4.39 Å². The van der Waals surface area contributed by atoms with E-state index >= 15 is 0 Å². The van der Waals surface area contributed by atoms with Gasteiger partial charge in [-0.2, -0.15) is 4.31 Å². The number of halogens is 1. The molecule has 0 saturated carbocycles. The summed E-state index contributed by atoms with van der Waals surface area (Å²) in [6.45, 7) is 3.53. The maximum atomic E-state index is 14.1. The Balaban J connectivity index is 2.06. The second-order valence-corrected chi connectivity index (χ2v) is 7.28. The molecule has 0 amide bonds. The Kier molecular flexibility index (Phi) is 3.78. The van der Waals surface area contributed by atoms with E-state index in [-0.39, 0.29) is 16.5 Å². The summed E-state index contributed by atoms with van der Waals surface area (Å²) in [7, 11) is -3.76. The number of aromatic nitrogens is 1. The van der Waals surface area contributed by atoms with Gasteiger partial charge < -0.3 is 4.52 Å². The van der Waals surface area contributed by atoms with Crippen molar-refractivity contribution in [3.8, 4) is 0 Å². The average Bonchev–Trinajstić information content (AvgIpc) is 3.07. The molecule has 0 aliphatic carbocycles. The van der Waals surface area contributed by atoms with Crippen LogP contribution in [-0.4, -0.2) is 24.4 Å². The zero-order valence-corrected chi connectivity index (χ0v) is 13.2.